The highest BCUT2D eigenvalue weighted by molar-refractivity contribution is 6.00. The summed E-state index contributed by atoms with van der Waals surface area (Å²) >= 11 is 0. The van der Waals surface area contributed by atoms with Crippen LogP contribution in [0, 0.1) is 19.8 Å². The van der Waals surface area contributed by atoms with Crippen LogP contribution in [0.2, 0.25) is 0 Å². The second kappa shape index (κ2) is 7.93. The number of hydrogen-bond donors (Lipinski definition) is 0. The van der Waals surface area contributed by atoms with Crippen LogP contribution in [0.5, 0.6) is 5.75 Å². The lowest BCUT2D eigenvalue weighted by Crippen LogP contribution is -2.46. The Balaban J connectivity index is 1.30. The molecular weight excluding hydrogens is 408 g/mol. The first kappa shape index (κ1) is 20.5. The zero-order valence-corrected chi connectivity index (χ0v) is 18.5. The van der Waals surface area contributed by atoms with Gasteiger partial charge in [-0.3, -0.25) is 14.3 Å². The predicted octanol–water partition coefficient (Wildman–Crippen LogP) is 3.58. The van der Waals surface area contributed by atoms with Gasteiger partial charge in [0, 0.05) is 44.2 Å². The molecule has 0 N–H and O–H groups in total. The molecule has 1 amide bonds. The molecule has 32 heavy (non-hydrogen) atoms. The number of ether oxygens (including phenoxy) is 1. The van der Waals surface area contributed by atoms with Crippen molar-refractivity contribution in [2.75, 3.05) is 13.1 Å². The Hall–Kier alpha value is -3.42. The zero-order chi connectivity index (χ0) is 22.4. The normalized spacial score (nSPS) is 20.7. The standard InChI is InChI=1S/C24H26N4O4/c1-14-6-7-21-17(9-14)20(29)11-22(31-21)16-5-4-8-28(13-16)24(30)19-10-23(32-26-19)18-12-25-27(3)15(18)2/h6-7,9-10,12,16,22H,4-5,8,11,13H2,1-3H3/t16-,22-/m1/s1. The number of aromatic nitrogens is 3. The van der Waals surface area contributed by atoms with E-state index in [1.807, 2.05) is 39.1 Å². The molecule has 2 aliphatic rings. The van der Waals surface area contributed by atoms with Gasteiger partial charge in [0.1, 0.15) is 11.9 Å². The molecular formula is C24H26N4O4. The van der Waals surface area contributed by atoms with Crippen molar-refractivity contribution >= 4 is 11.7 Å². The molecule has 3 aromatic rings. The van der Waals surface area contributed by atoms with Crippen LogP contribution in [-0.2, 0) is 7.05 Å². The number of amides is 1. The highest BCUT2D eigenvalue weighted by Gasteiger charge is 2.36. The van der Waals surface area contributed by atoms with Gasteiger partial charge in [-0.05, 0) is 38.8 Å². The van der Waals surface area contributed by atoms with E-state index in [1.54, 1.807) is 21.8 Å². The molecule has 0 radical (unpaired) electrons. The molecule has 8 heteroatoms. The molecule has 1 aromatic carbocycles. The minimum absolute atomic E-state index is 0.0954. The van der Waals surface area contributed by atoms with E-state index in [1.165, 1.54) is 0 Å². The fraction of sp³-hybridized carbons (Fsp3) is 0.417. The van der Waals surface area contributed by atoms with Crippen LogP contribution in [0.3, 0.4) is 0 Å². The molecule has 166 valence electrons. The lowest BCUT2D eigenvalue weighted by Gasteiger charge is -2.38. The molecule has 0 bridgehead atoms. The summed E-state index contributed by atoms with van der Waals surface area (Å²) in [5.74, 6) is 1.22. The third-order valence-electron chi connectivity index (χ3n) is 6.60. The number of fused-ring (bicyclic) bond motifs is 1. The number of benzene rings is 1. The van der Waals surface area contributed by atoms with Gasteiger partial charge < -0.3 is 14.2 Å². The van der Waals surface area contributed by atoms with Gasteiger partial charge in [0.05, 0.1) is 17.3 Å². The summed E-state index contributed by atoms with van der Waals surface area (Å²) < 4.78 is 13.4. The molecule has 4 heterocycles. The number of rotatable bonds is 3. The molecule has 0 saturated carbocycles. The van der Waals surface area contributed by atoms with E-state index in [9.17, 15) is 9.59 Å². The summed E-state index contributed by atoms with van der Waals surface area (Å²) in [5.41, 5.74) is 3.74. The van der Waals surface area contributed by atoms with Gasteiger partial charge in [-0.2, -0.15) is 5.10 Å². The number of piperidine rings is 1. The Bertz CT molecular complexity index is 1190. The second-order valence-corrected chi connectivity index (χ2v) is 8.78. The highest BCUT2D eigenvalue weighted by Crippen LogP contribution is 2.34. The summed E-state index contributed by atoms with van der Waals surface area (Å²) in [5, 5.41) is 8.23. The maximum absolute atomic E-state index is 13.1. The minimum Gasteiger partial charge on any atom is -0.489 e. The number of ketones is 1. The number of Topliss-reactive ketones (excluding diaryl/α,β-unsaturated/α-hetero) is 1. The average Bonchev–Trinajstić information content (AvgIpc) is 3.41. The largest absolute Gasteiger partial charge is 0.489 e. The van der Waals surface area contributed by atoms with Crippen LogP contribution in [-0.4, -0.2) is 50.7 Å². The van der Waals surface area contributed by atoms with Crippen molar-refractivity contribution in [2.45, 2.75) is 39.2 Å². The maximum Gasteiger partial charge on any atom is 0.276 e. The second-order valence-electron chi connectivity index (χ2n) is 8.78. The van der Waals surface area contributed by atoms with Crippen molar-refractivity contribution in [3.63, 3.8) is 0 Å². The van der Waals surface area contributed by atoms with Crippen LogP contribution < -0.4 is 4.74 Å². The van der Waals surface area contributed by atoms with E-state index < -0.39 is 0 Å². The Morgan fingerprint density at radius 3 is 2.81 bits per heavy atom. The van der Waals surface area contributed by atoms with Crippen molar-refractivity contribution in [3.8, 4) is 17.1 Å². The minimum atomic E-state index is -0.223. The van der Waals surface area contributed by atoms with Crippen molar-refractivity contribution in [2.24, 2.45) is 13.0 Å². The summed E-state index contributed by atoms with van der Waals surface area (Å²) in [4.78, 5) is 27.6. The van der Waals surface area contributed by atoms with E-state index in [4.69, 9.17) is 9.26 Å². The quantitative estimate of drug-likeness (QED) is 0.626. The molecule has 5 rings (SSSR count). The van der Waals surface area contributed by atoms with E-state index in [0.29, 0.717) is 36.6 Å². The number of carbonyl (C=O) groups excluding carboxylic acids is 2. The molecule has 0 aliphatic carbocycles. The van der Waals surface area contributed by atoms with E-state index in [-0.39, 0.29) is 29.4 Å². The van der Waals surface area contributed by atoms with Crippen LogP contribution in [0.1, 0.15) is 51.4 Å². The Kier molecular flexibility index (Phi) is 5.07. The number of carbonyl (C=O) groups is 2. The summed E-state index contributed by atoms with van der Waals surface area (Å²) in [7, 11) is 1.85. The molecule has 1 saturated heterocycles. The van der Waals surface area contributed by atoms with Crippen molar-refractivity contribution < 1.29 is 18.8 Å². The molecule has 0 spiro atoms. The first-order valence-electron chi connectivity index (χ1n) is 11.0. The lowest BCUT2D eigenvalue weighted by molar-refractivity contribution is 0.0403. The van der Waals surface area contributed by atoms with Gasteiger partial charge in [-0.25, -0.2) is 0 Å². The van der Waals surface area contributed by atoms with Gasteiger partial charge in [0.15, 0.2) is 17.2 Å². The first-order valence-corrected chi connectivity index (χ1v) is 11.0. The topological polar surface area (TPSA) is 90.5 Å². The SMILES string of the molecule is Cc1ccc2c(c1)C(=O)C[C@H]([C@@H]1CCCN(C(=O)c3cc(-c4cnn(C)c4C)on3)C1)O2. The molecule has 1 fully saturated rings. The van der Waals surface area contributed by atoms with Gasteiger partial charge in [0.25, 0.3) is 5.91 Å². The van der Waals surface area contributed by atoms with E-state index >= 15 is 0 Å². The van der Waals surface area contributed by atoms with E-state index in [0.717, 1.165) is 29.7 Å². The van der Waals surface area contributed by atoms with Crippen LogP contribution >= 0.6 is 0 Å². The summed E-state index contributed by atoms with van der Waals surface area (Å²) in [6.07, 6.45) is 3.61. The summed E-state index contributed by atoms with van der Waals surface area (Å²) in [6, 6.07) is 7.39. The number of aryl methyl sites for hydroxylation is 2. The fourth-order valence-corrected chi connectivity index (χ4v) is 4.63. The van der Waals surface area contributed by atoms with Crippen molar-refractivity contribution in [1.29, 1.82) is 0 Å². The van der Waals surface area contributed by atoms with Gasteiger partial charge in [-0.1, -0.05) is 16.8 Å². The predicted molar refractivity (Wildman–Crippen MR) is 117 cm³/mol. The number of nitrogens with zero attached hydrogens (tertiary/aromatic N) is 4. The molecule has 8 nitrogen and oxygen atoms in total. The molecule has 2 aliphatic heterocycles. The van der Waals surface area contributed by atoms with Crippen LogP contribution in [0.15, 0.2) is 35.0 Å². The molecule has 2 atom stereocenters. The van der Waals surface area contributed by atoms with Crippen molar-refractivity contribution in [3.05, 3.63) is 53.0 Å². The zero-order valence-electron chi connectivity index (χ0n) is 18.5. The maximum atomic E-state index is 13.1. The summed E-state index contributed by atoms with van der Waals surface area (Å²) in [6.45, 7) is 5.09. The van der Waals surface area contributed by atoms with Crippen LogP contribution in [0.4, 0.5) is 0 Å². The van der Waals surface area contributed by atoms with Gasteiger partial charge >= 0.3 is 0 Å². The fourth-order valence-electron chi connectivity index (χ4n) is 4.63. The Morgan fingerprint density at radius 1 is 1.19 bits per heavy atom. The number of likely N-dealkylation sites (tertiary alicyclic amines) is 1. The number of hydrogen-bond acceptors (Lipinski definition) is 6. The lowest BCUT2D eigenvalue weighted by atomic mass is 9.86. The van der Waals surface area contributed by atoms with Gasteiger partial charge in [-0.15, -0.1) is 0 Å². The third-order valence-corrected chi connectivity index (χ3v) is 6.60. The van der Waals surface area contributed by atoms with Crippen molar-refractivity contribution in [1.82, 2.24) is 19.8 Å². The third kappa shape index (κ3) is 3.59. The highest BCUT2D eigenvalue weighted by atomic mass is 16.5. The smallest absolute Gasteiger partial charge is 0.276 e. The Morgan fingerprint density at radius 2 is 2.03 bits per heavy atom. The van der Waals surface area contributed by atoms with Crippen LogP contribution in [0.25, 0.3) is 11.3 Å². The van der Waals surface area contributed by atoms with E-state index in [2.05, 4.69) is 10.3 Å². The molecule has 2 aromatic heterocycles. The Labute approximate surface area is 186 Å². The average molecular weight is 434 g/mol. The molecule has 0 unspecified atom stereocenters. The van der Waals surface area contributed by atoms with Gasteiger partial charge in [0.2, 0.25) is 0 Å². The first-order chi connectivity index (χ1) is 15.4. The monoisotopic (exact) mass is 434 g/mol.